The van der Waals surface area contributed by atoms with Crippen LogP contribution in [0.3, 0.4) is 0 Å². The van der Waals surface area contributed by atoms with Gasteiger partial charge in [0.25, 0.3) is 0 Å². The lowest BCUT2D eigenvalue weighted by Crippen LogP contribution is -2.50. The summed E-state index contributed by atoms with van der Waals surface area (Å²) in [6, 6.07) is -0.756. The maximum atomic E-state index is 12.1. The molecule has 0 bridgehead atoms. The van der Waals surface area contributed by atoms with Crippen molar-refractivity contribution in [3.63, 3.8) is 0 Å². The number of alkyl halides is 3. The van der Waals surface area contributed by atoms with Crippen molar-refractivity contribution < 1.29 is 18.3 Å². The van der Waals surface area contributed by atoms with Crippen molar-refractivity contribution in [1.29, 1.82) is 0 Å². The zero-order chi connectivity index (χ0) is 10.1. The van der Waals surface area contributed by atoms with Crippen molar-refractivity contribution in [1.82, 2.24) is 4.90 Å². The molecule has 0 saturated carbocycles. The van der Waals surface area contributed by atoms with Crippen molar-refractivity contribution >= 4 is 0 Å². The van der Waals surface area contributed by atoms with Crippen LogP contribution in [0.15, 0.2) is 0 Å². The quantitative estimate of drug-likeness (QED) is 0.686. The fraction of sp³-hybridized carbons (Fsp3) is 1.00. The molecule has 1 rings (SSSR count). The minimum atomic E-state index is -4.49. The predicted octanol–water partition coefficient (Wildman–Crippen LogP) is 1.39. The van der Waals surface area contributed by atoms with Gasteiger partial charge in [0.05, 0.1) is 0 Å². The number of hydrogen-bond acceptors (Lipinski definition) is 2. The van der Waals surface area contributed by atoms with Gasteiger partial charge in [-0.15, -0.1) is 0 Å². The Morgan fingerprint density at radius 1 is 1.38 bits per heavy atom. The van der Waals surface area contributed by atoms with E-state index in [4.69, 9.17) is 5.11 Å². The Hall–Kier alpha value is -0.290. The third kappa shape index (κ3) is 2.57. The monoisotopic (exact) mass is 197 g/mol. The maximum Gasteiger partial charge on any atom is 0.415 e. The number of likely N-dealkylation sites (tertiary alicyclic amines) is 1. The van der Waals surface area contributed by atoms with Gasteiger partial charge in [-0.05, 0) is 26.4 Å². The molecule has 1 fully saturated rings. The summed E-state index contributed by atoms with van der Waals surface area (Å²) in [5.41, 5.74) is 0. The van der Waals surface area contributed by atoms with Gasteiger partial charge in [0.15, 0.2) is 6.10 Å². The summed E-state index contributed by atoms with van der Waals surface area (Å²) in [5, 5.41) is 9.01. The van der Waals surface area contributed by atoms with E-state index in [-0.39, 0.29) is 0 Å². The van der Waals surface area contributed by atoms with E-state index < -0.39 is 18.3 Å². The van der Waals surface area contributed by atoms with Crippen LogP contribution >= 0.6 is 0 Å². The Kier molecular flexibility index (Phi) is 3.18. The lowest BCUT2D eigenvalue weighted by molar-refractivity contribution is -0.223. The Morgan fingerprint density at radius 3 is 2.46 bits per heavy atom. The molecule has 0 aromatic carbocycles. The molecule has 0 amide bonds. The Morgan fingerprint density at radius 2 is 2.00 bits per heavy atom. The maximum absolute atomic E-state index is 12.1. The minimum Gasteiger partial charge on any atom is -0.382 e. The molecule has 1 aliphatic heterocycles. The van der Waals surface area contributed by atoms with Gasteiger partial charge in [-0.3, -0.25) is 0 Å². The number of aliphatic hydroxyl groups is 1. The van der Waals surface area contributed by atoms with Gasteiger partial charge in [0.1, 0.15) is 0 Å². The first kappa shape index (κ1) is 10.8. The summed E-state index contributed by atoms with van der Waals surface area (Å²) in [5.74, 6) is 0. The Balaban J connectivity index is 2.58. The molecule has 2 nitrogen and oxygen atoms in total. The number of halogens is 3. The highest BCUT2D eigenvalue weighted by atomic mass is 19.4. The van der Waals surface area contributed by atoms with Gasteiger partial charge in [-0.25, -0.2) is 0 Å². The molecule has 0 radical (unpaired) electrons. The second-order valence-electron chi connectivity index (χ2n) is 3.53. The fourth-order valence-corrected chi connectivity index (χ4v) is 1.72. The lowest BCUT2D eigenvalue weighted by atomic mass is 9.98. The Labute approximate surface area is 75.3 Å². The number of aliphatic hydroxyl groups excluding tert-OH is 1. The fourth-order valence-electron chi connectivity index (χ4n) is 1.72. The average Bonchev–Trinajstić information content (AvgIpc) is 2.02. The van der Waals surface area contributed by atoms with Crippen LogP contribution < -0.4 is 0 Å². The van der Waals surface area contributed by atoms with Crippen LogP contribution in [0.2, 0.25) is 0 Å². The van der Waals surface area contributed by atoms with E-state index in [0.717, 1.165) is 12.8 Å². The molecule has 1 saturated heterocycles. The van der Waals surface area contributed by atoms with Crippen molar-refractivity contribution in [2.45, 2.75) is 37.6 Å². The standard InChI is InChI=1S/C8H14F3NO/c1-12-5-3-2-4-6(12)7(13)8(9,10)11/h6-7,13H,2-5H2,1H3/t6?,7-/m0/s1. The van der Waals surface area contributed by atoms with Crippen LogP contribution in [0, 0.1) is 0 Å². The second kappa shape index (κ2) is 3.84. The molecule has 0 spiro atoms. The first-order valence-corrected chi connectivity index (χ1v) is 4.38. The van der Waals surface area contributed by atoms with Gasteiger partial charge < -0.3 is 10.0 Å². The van der Waals surface area contributed by atoms with E-state index >= 15 is 0 Å². The first-order chi connectivity index (χ1) is 5.93. The highest BCUT2D eigenvalue weighted by Crippen LogP contribution is 2.28. The molecule has 1 N–H and O–H groups in total. The molecule has 0 aromatic heterocycles. The molecular formula is C8H14F3NO. The number of piperidine rings is 1. The molecule has 0 aromatic rings. The minimum absolute atomic E-state index is 0.428. The van der Waals surface area contributed by atoms with E-state index in [2.05, 4.69) is 0 Å². The average molecular weight is 197 g/mol. The molecular weight excluding hydrogens is 183 g/mol. The summed E-state index contributed by atoms with van der Waals surface area (Å²) >= 11 is 0. The van der Waals surface area contributed by atoms with Crippen LogP contribution in [-0.4, -0.2) is 41.9 Å². The van der Waals surface area contributed by atoms with Gasteiger partial charge in [0, 0.05) is 6.04 Å². The van der Waals surface area contributed by atoms with Crippen molar-refractivity contribution in [2.75, 3.05) is 13.6 Å². The Bertz CT molecular complexity index is 171. The lowest BCUT2D eigenvalue weighted by Gasteiger charge is -2.36. The van der Waals surface area contributed by atoms with Crippen molar-refractivity contribution in [3.05, 3.63) is 0 Å². The normalized spacial score (nSPS) is 28.8. The zero-order valence-electron chi connectivity index (χ0n) is 7.51. The summed E-state index contributed by atoms with van der Waals surface area (Å²) in [4.78, 5) is 1.58. The number of likely N-dealkylation sites (N-methyl/N-ethyl adjacent to an activating group) is 1. The molecule has 0 aliphatic carbocycles. The highest BCUT2D eigenvalue weighted by Gasteiger charge is 2.45. The summed E-state index contributed by atoms with van der Waals surface area (Å²) in [6.07, 6.45) is -4.58. The SMILES string of the molecule is CN1CCCCC1[C@H](O)C(F)(F)F. The van der Waals surface area contributed by atoms with Crippen LogP contribution in [0.25, 0.3) is 0 Å². The molecule has 1 aliphatic rings. The summed E-state index contributed by atoms with van der Waals surface area (Å²) in [6.45, 7) is 0.637. The van der Waals surface area contributed by atoms with Crippen LogP contribution in [0.5, 0.6) is 0 Å². The molecule has 78 valence electrons. The van der Waals surface area contributed by atoms with Crippen LogP contribution in [-0.2, 0) is 0 Å². The summed E-state index contributed by atoms with van der Waals surface area (Å²) < 4.78 is 36.4. The highest BCUT2D eigenvalue weighted by molar-refractivity contribution is 4.84. The van der Waals surface area contributed by atoms with Gasteiger partial charge in [-0.2, -0.15) is 13.2 Å². The number of hydrogen-bond donors (Lipinski definition) is 1. The van der Waals surface area contributed by atoms with Gasteiger partial charge >= 0.3 is 6.18 Å². The topological polar surface area (TPSA) is 23.5 Å². The third-order valence-electron chi connectivity index (χ3n) is 2.53. The first-order valence-electron chi connectivity index (χ1n) is 4.38. The zero-order valence-corrected chi connectivity index (χ0v) is 7.51. The van der Waals surface area contributed by atoms with Gasteiger partial charge in [-0.1, -0.05) is 6.42 Å². The molecule has 2 atom stereocenters. The molecule has 5 heteroatoms. The van der Waals surface area contributed by atoms with E-state index in [9.17, 15) is 13.2 Å². The van der Waals surface area contributed by atoms with Crippen LogP contribution in [0.4, 0.5) is 13.2 Å². The van der Waals surface area contributed by atoms with E-state index in [0.29, 0.717) is 13.0 Å². The summed E-state index contributed by atoms with van der Waals surface area (Å²) in [7, 11) is 1.62. The van der Waals surface area contributed by atoms with Crippen LogP contribution in [0.1, 0.15) is 19.3 Å². The second-order valence-corrected chi connectivity index (χ2v) is 3.53. The van der Waals surface area contributed by atoms with Gasteiger partial charge in [0.2, 0.25) is 0 Å². The van der Waals surface area contributed by atoms with E-state index in [1.54, 1.807) is 11.9 Å². The third-order valence-corrected chi connectivity index (χ3v) is 2.53. The largest absolute Gasteiger partial charge is 0.415 e. The number of rotatable bonds is 1. The number of nitrogens with zero attached hydrogens (tertiary/aromatic N) is 1. The van der Waals surface area contributed by atoms with E-state index in [1.807, 2.05) is 0 Å². The van der Waals surface area contributed by atoms with E-state index in [1.165, 1.54) is 0 Å². The molecule has 13 heavy (non-hydrogen) atoms. The van der Waals surface area contributed by atoms with Crippen molar-refractivity contribution in [3.8, 4) is 0 Å². The molecule has 1 heterocycles. The smallest absolute Gasteiger partial charge is 0.382 e. The predicted molar refractivity (Wildman–Crippen MR) is 42.3 cm³/mol. The van der Waals surface area contributed by atoms with Crippen molar-refractivity contribution in [2.24, 2.45) is 0 Å². The molecule has 1 unspecified atom stereocenters.